The highest BCUT2D eigenvalue weighted by atomic mass is 79.9. The van der Waals surface area contributed by atoms with E-state index in [9.17, 15) is 4.79 Å². The summed E-state index contributed by atoms with van der Waals surface area (Å²) in [6.45, 7) is 4.20. The first-order valence-corrected chi connectivity index (χ1v) is 5.97. The van der Waals surface area contributed by atoms with Crippen LogP contribution in [0.2, 0.25) is 0 Å². The van der Waals surface area contributed by atoms with Crippen LogP contribution in [0.3, 0.4) is 0 Å². The second-order valence-corrected chi connectivity index (χ2v) is 7.14. The average molecular weight is 361 g/mol. The Morgan fingerprint density at radius 3 is 2.08 bits per heavy atom. The monoisotopic (exact) mass is 358 g/mol. The van der Waals surface area contributed by atoms with Gasteiger partial charge in [-0.1, -0.05) is 19.9 Å². The van der Waals surface area contributed by atoms with Gasteiger partial charge in [0.15, 0.2) is 0 Å². The fraction of sp³-hybridized carbons (Fsp3) is 0.625. The molecule has 0 N–H and O–H groups in total. The Hall–Kier alpha value is 0.850. The third-order valence-electron chi connectivity index (χ3n) is 2.46. The van der Waals surface area contributed by atoms with E-state index in [0.29, 0.717) is 5.92 Å². The van der Waals surface area contributed by atoms with Gasteiger partial charge in [-0.2, -0.15) is 0 Å². The van der Waals surface area contributed by atoms with Crippen LogP contribution in [-0.2, 0) is 4.79 Å². The molecule has 0 aromatic rings. The van der Waals surface area contributed by atoms with Crippen molar-refractivity contribution in [3.8, 4) is 0 Å². The number of hydrogen-bond donors (Lipinski definition) is 0. The van der Waals surface area contributed by atoms with E-state index < -0.39 is 0 Å². The van der Waals surface area contributed by atoms with Gasteiger partial charge in [-0.15, -0.1) is 0 Å². The van der Waals surface area contributed by atoms with Gasteiger partial charge in [-0.25, -0.2) is 0 Å². The van der Waals surface area contributed by atoms with E-state index in [4.69, 9.17) is 0 Å². The summed E-state index contributed by atoms with van der Waals surface area (Å²) >= 11 is 9.60. The Morgan fingerprint density at radius 2 is 1.83 bits per heavy atom. The minimum atomic E-state index is 0.105. The van der Waals surface area contributed by atoms with E-state index in [-0.39, 0.29) is 16.0 Å². The van der Waals surface area contributed by atoms with Gasteiger partial charge in [0, 0.05) is 5.92 Å². The fourth-order valence-corrected chi connectivity index (χ4v) is 3.00. The lowest BCUT2D eigenvalue weighted by Gasteiger charge is -1.96. The summed E-state index contributed by atoms with van der Waals surface area (Å²) in [7, 11) is 0. The largest absolute Gasteiger partial charge is 0.286 e. The number of carbonyl (C=O) groups excluding carboxylic acids is 1. The third-order valence-corrected chi connectivity index (χ3v) is 3.48. The SMILES string of the molecule is CC1(C)C(C=C(Br)Br)C1C(=O)Br. The van der Waals surface area contributed by atoms with Crippen LogP contribution in [0.4, 0.5) is 0 Å². The van der Waals surface area contributed by atoms with E-state index in [0.717, 1.165) is 3.39 Å². The molecule has 1 aliphatic rings. The summed E-state index contributed by atoms with van der Waals surface area (Å²) in [5.41, 5.74) is 0.105. The van der Waals surface area contributed by atoms with Crippen molar-refractivity contribution in [3.05, 3.63) is 9.47 Å². The molecule has 0 bridgehead atoms. The van der Waals surface area contributed by atoms with Crippen molar-refractivity contribution in [1.29, 1.82) is 0 Å². The zero-order valence-corrected chi connectivity index (χ0v) is 11.5. The zero-order chi connectivity index (χ0) is 9.52. The van der Waals surface area contributed by atoms with Crippen LogP contribution in [0.1, 0.15) is 13.8 Å². The molecule has 2 unspecified atom stereocenters. The van der Waals surface area contributed by atoms with E-state index in [1.165, 1.54) is 0 Å². The Kier molecular flexibility index (Phi) is 3.22. The lowest BCUT2D eigenvalue weighted by molar-refractivity contribution is -0.112. The van der Waals surface area contributed by atoms with Gasteiger partial charge in [0.2, 0.25) is 4.69 Å². The van der Waals surface area contributed by atoms with Crippen molar-refractivity contribution in [2.75, 3.05) is 0 Å². The topological polar surface area (TPSA) is 17.1 Å². The van der Waals surface area contributed by atoms with Gasteiger partial charge in [0.25, 0.3) is 0 Å². The second kappa shape index (κ2) is 3.54. The molecule has 0 spiro atoms. The maximum atomic E-state index is 11.1. The summed E-state index contributed by atoms with van der Waals surface area (Å²) in [4.78, 5) is 11.1. The molecule has 1 fully saturated rings. The first-order valence-electron chi connectivity index (χ1n) is 3.59. The maximum Gasteiger partial charge on any atom is 0.202 e. The first kappa shape index (κ1) is 10.9. The molecule has 0 aromatic carbocycles. The molecule has 4 heteroatoms. The minimum absolute atomic E-state index is 0.105. The van der Waals surface area contributed by atoms with Crippen LogP contribution < -0.4 is 0 Å². The molecule has 0 amide bonds. The minimum Gasteiger partial charge on any atom is -0.286 e. The summed E-state index contributed by atoms with van der Waals surface area (Å²) in [6, 6.07) is 0. The summed E-state index contributed by atoms with van der Waals surface area (Å²) in [5, 5.41) is 0. The number of allylic oxidation sites excluding steroid dienone is 1. The molecule has 68 valence electrons. The maximum absolute atomic E-state index is 11.1. The second-order valence-electron chi connectivity index (χ2n) is 3.59. The highest BCUT2D eigenvalue weighted by Crippen LogP contribution is 2.60. The Bertz CT molecular complexity index is 241. The standard InChI is InChI=1S/C8H9Br3O/c1-8(2)4(3-5(9)10)6(8)7(11)12/h3-4,6H,1-2H3. The van der Waals surface area contributed by atoms with Crippen LogP contribution in [0.5, 0.6) is 0 Å². The molecule has 2 atom stereocenters. The number of hydrogen-bond acceptors (Lipinski definition) is 1. The Balaban J connectivity index is 2.73. The van der Waals surface area contributed by atoms with Crippen molar-refractivity contribution in [2.24, 2.45) is 17.3 Å². The summed E-state index contributed by atoms with van der Waals surface area (Å²) in [6.07, 6.45) is 2.03. The predicted molar refractivity (Wildman–Crippen MR) is 60.6 cm³/mol. The number of rotatable bonds is 2. The lowest BCUT2D eigenvalue weighted by atomic mass is 10.1. The fourth-order valence-electron chi connectivity index (χ4n) is 1.56. The molecule has 0 radical (unpaired) electrons. The number of carbonyl (C=O) groups is 1. The van der Waals surface area contributed by atoms with Gasteiger partial charge < -0.3 is 0 Å². The van der Waals surface area contributed by atoms with Gasteiger partial charge in [0.05, 0.1) is 3.39 Å². The molecule has 12 heavy (non-hydrogen) atoms. The predicted octanol–water partition coefficient (Wildman–Crippen LogP) is 3.81. The van der Waals surface area contributed by atoms with Crippen molar-refractivity contribution in [3.63, 3.8) is 0 Å². The first-order chi connectivity index (χ1) is 5.37. The van der Waals surface area contributed by atoms with Gasteiger partial charge in [-0.3, -0.25) is 4.79 Å². The molecular weight excluding hydrogens is 352 g/mol. The van der Waals surface area contributed by atoms with Gasteiger partial charge >= 0.3 is 0 Å². The van der Waals surface area contributed by atoms with Crippen LogP contribution in [-0.4, -0.2) is 4.69 Å². The molecule has 0 heterocycles. The van der Waals surface area contributed by atoms with Crippen molar-refractivity contribution in [1.82, 2.24) is 0 Å². The Morgan fingerprint density at radius 1 is 1.33 bits per heavy atom. The van der Waals surface area contributed by atoms with Gasteiger partial charge in [0.1, 0.15) is 0 Å². The molecule has 0 aromatic heterocycles. The van der Waals surface area contributed by atoms with Crippen molar-refractivity contribution >= 4 is 52.5 Å². The van der Waals surface area contributed by atoms with E-state index in [2.05, 4.69) is 61.6 Å². The highest BCUT2D eigenvalue weighted by Gasteiger charge is 2.59. The molecule has 1 aliphatic carbocycles. The van der Waals surface area contributed by atoms with Gasteiger partial charge in [-0.05, 0) is 59.1 Å². The summed E-state index contributed by atoms with van der Waals surface area (Å²) in [5.74, 6) is 0.473. The van der Waals surface area contributed by atoms with Crippen molar-refractivity contribution < 1.29 is 4.79 Å². The normalized spacial score (nSPS) is 31.1. The van der Waals surface area contributed by atoms with Crippen LogP contribution in [0, 0.1) is 17.3 Å². The van der Waals surface area contributed by atoms with E-state index in [1.807, 2.05) is 6.08 Å². The molecule has 1 nitrogen and oxygen atoms in total. The quantitative estimate of drug-likeness (QED) is 0.684. The Labute approximate surface area is 97.4 Å². The van der Waals surface area contributed by atoms with Crippen molar-refractivity contribution in [2.45, 2.75) is 13.8 Å². The van der Waals surface area contributed by atoms with Crippen LogP contribution >= 0.6 is 47.8 Å². The molecule has 1 rings (SSSR count). The summed E-state index contributed by atoms with van der Waals surface area (Å²) < 4.78 is 1.03. The lowest BCUT2D eigenvalue weighted by Crippen LogP contribution is -1.95. The molecular formula is C8H9Br3O. The van der Waals surface area contributed by atoms with Crippen LogP contribution in [0.25, 0.3) is 0 Å². The third kappa shape index (κ3) is 2.02. The molecule has 0 aliphatic heterocycles. The average Bonchev–Trinajstić information content (AvgIpc) is 2.32. The van der Waals surface area contributed by atoms with E-state index >= 15 is 0 Å². The highest BCUT2D eigenvalue weighted by molar-refractivity contribution is 9.28. The molecule has 1 saturated carbocycles. The zero-order valence-electron chi connectivity index (χ0n) is 6.77. The molecule has 0 saturated heterocycles. The smallest absolute Gasteiger partial charge is 0.202 e. The van der Waals surface area contributed by atoms with Crippen LogP contribution in [0.15, 0.2) is 9.47 Å². The van der Waals surface area contributed by atoms with E-state index in [1.54, 1.807) is 0 Å². The number of halogens is 3.